The molecular formula is C24H41N3O2. The van der Waals surface area contributed by atoms with E-state index in [2.05, 4.69) is 29.8 Å². The molecule has 3 N–H and O–H groups in total. The van der Waals surface area contributed by atoms with Gasteiger partial charge in [0.05, 0.1) is 0 Å². The third-order valence-corrected chi connectivity index (χ3v) is 9.19. The lowest BCUT2D eigenvalue weighted by Gasteiger charge is -2.60. The highest BCUT2D eigenvalue weighted by Crippen LogP contribution is 2.65. The van der Waals surface area contributed by atoms with Gasteiger partial charge < -0.3 is 10.6 Å². The van der Waals surface area contributed by atoms with Crippen molar-refractivity contribution in [2.75, 3.05) is 6.54 Å². The molecule has 5 nitrogen and oxygen atoms in total. The average Bonchev–Trinajstić information content (AvgIpc) is 2.96. The molecule has 0 radical (unpaired) electrons. The highest BCUT2D eigenvalue weighted by Gasteiger charge is 2.61. The van der Waals surface area contributed by atoms with Crippen LogP contribution in [0, 0.1) is 34.5 Å². The second-order valence-corrected chi connectivity index (χ2v) is 11.9. The fourth-order valence-electron chi connectivity index (χ4n) is 7.90. The number of fused-ring (bicyclic) bond motifs is 5. The molecule has 4 rings (SSSR count). The Labute approximate surface area is 176 Å². The number of piperidine rings is 1. The number of urea groups is 1. The van der Waals surface area contributed by atoms with Crippen LogP contribution in [-0.2, 0) is 4.79 Å². The Morgan fingerprint density at radius 3 is 2.38 bits per heavy atom. The zero-order valence-corrected chi connectivity index (χ0v) is 19.1. The number of rotatable bonds is 1. The number of hydrogen-bond acceptors (Lipinski definition) is 3. The van der Waals surface area contributed by atoms with Crippen molar-refractivity contribution in [3.8, 4) is 0 Å². The van der Waals surface area contributed by atoms with Crippen LogP contribution in [-0.4, -0.2) is 30.1 Å². The summed E-state index contributed by atoms with van der Waals surface area (Å²) in [5.74, 6) is 2.07. The van der Waals surface area contributed by atoms with E-state index in [-0.39, 0.29) is 28.8 Å². The number of carbonyl (C=O) groups excluding carboxylic acids is 2. The first-order valence-corrected chi connectivity index (χ1v) is 11.9. The van der Waals surface area contributed by atoms with E-state index < -0.39 is 0 Å². The summed E-state index contributed by atoms with van der Waals surface area (Å²) in [6.07, 6.45) is 9.68. The van der Waals surface area contributed by atoms with E-state index in [0.29, 0.717) is 17.4 Å². The lowest BCUT2D eigenvalue weighted by molar-refractivity contribution is -0.133. The van der Waals surface area contributed by atoms with E-state index in [1.54, 1.807) is 0 Å². The van der Waals surface area contributed by atoms with E-state index in [9.17, 15) is 9.59 Å². The van der Waals surface area contributed by atoms with Gasteiger partial charge in [-0.3, -0.25) is 10.1 Å². The Morgan fingerprint density at radius 2 is 1.66 bits per heavy atom. The number of nitrogens with one attached hydrogen (secondary N) is 3. The van der Waals surface area contributed by atoms with Gasteiger partial charge in [-0.1, -0.05) is 13.8 Å². The van der Waals surface area contributed by atoms with Crippen LogP contribution in [0.25, 0.3) is 0 Å². The zero-order chi connectivity index (χ0) is 21.0. The van der Waals surface area contributed by atoms with Crippen molar-refractivity contribution in [3.63, 3.8) is 0 Å². The fraction of sp³-hybridized carbons (Fsp3) is 0.917. The van der Waals surface area contributed by atoms with Crippen molar-refractivity contribution in [1.29, 1.82) is 0 Å². The fourth-order valence-corrected chi connectivity index (χ4v) is 7.90. The quantitative estimate of drug-likeness (QED) is 0.614. The maximum absolute atomic E-state index is 13.1. The van der Waals surface area contributed by atoms with Gasteiger partial charge in [-0.15, -0.1) is 0 Å². The van der Waals surface area contributed by atoms with Crippen LogP contribution < -0.4 is 16.0 Å². The molecule has 1 aliphatic heterocycles. The molecule has 1 heterocycles. The van der Waals surface area contributed by atoms with Crippen molar-refractivity contribution >= 4 is 11.9 Å². The minimum Gasteiger partial charge on any atom is -0.333 e. The van der Waals surface area contributed by atoms with Crippen LogP contribution in [0.5, 0.6) is 0 Å². The predicted molar refractivity (Wildman–Crippen MR) is 115 cm³/mol. The highest BCUT2D eigenvalue weighted by molar-refractivity contribution is 5.96. The summed E-state index contributed by atoms with van der Waals surface area (Å²) in [6.45, 7) is 11.9. The molecule has 0 aromatic rings. The summed E-state index contributed by atoms with van der Waals surface area (Å²) >= 11 is 0. The van der Waals surface area contributed by atoms with Crippen LogP contribution in [0.1, 0.15) is 86.0 Å². The number of hydrogen-bond donors (Lipinski definition) is 3. The van der Waals surface area contributed by atoms with E-state index in [1.165, 1.54) is 38.6 Å². The van der Waals surface area contributed by atoms with Crippen molar-refractivity contribution in [1.82, 2.24) is 16.0 Å². The molecule has 0 aromatic carbocycles. The first kappa shape index (κ1) is 21.1. The second-order valence-electron chi connectivity index (χ2n) is 11.9. The minimum atomic E-state index is -0.357. The minimum absolute atomic E-state index is 0.0332. The van der Waals surface area contributed by atoms with Crippen molar-refractivity contribution in [2.45, 2.75) is 97.6 Å². The van der Waals surface area contributed by atoms with Crippen molar-refractivity contribution < 1.29 is 9.59 Å². The Balaban J connectivity index is 1.48. The van der Waals surface area contributed by atoms with Crippen LogP contribution in [0.15, 0.2) is 0 Å². The first-order valence-electron chi connectivity index (χ1n) is 11.9. The van der Waals surface area contributed by atoms with Gasteiger partial charge in [-0.05, 0) is 107 Å². The molecule has 0 spiro atoms. The number of carbonyl (C=O) groups is 2. The van der Waals surface area contributed by atoms with E-state index >= 15 is 0 Å². The van der Waals surface area contributed by atoms with Crippen LogP contribution >= 0.6 is 0 Å². The predicted octanol–water partition coefficient (Wildman–Crippen LogP) is 4.22. The Bertz CT molecular complexity index is 672. The summed E-state index contributed by atoms with van der Waals surface area (Å²) in [7, 11) is 0. The molecule has 3 saturated carbocycles. The average molecular weight is 404 g/mol. The largest absolute Gasteiger partial charge is 0.333 e. The number of imide groups is 1. The van der Waals surface area contributed by atoms with Crippen LogP contribution in [0.2, 0.25) is 0 Å². The standard InChI is InChI=1S/C24H41N3O2/c1-22(2,3)27-21(29)26-20(28)18-9-8-16-15-7-10-19-24(5,12-6-14-25-19)17(15)11-13-23(16,18)4/h15-19,25H,6-14H2,1-5H3,(H2,26,27,28,29)/t15-,16-,17-,18+,19+,23-,24+/m0/s1. The monoisotopic (exact) mass is 403 g/mol. The molecule has 1 saturated heterocycles. The Hall–Kier alpha value is -1.10. The highest BCUT2D eigenvalue weighted by atomic mass is 16.2. The van der Waals surface area contributed by atoms with Gasteiger partial charge in [0.2, 0.25) is 5.91 Å². The maximum atomic E-state index is 13.1. The van der Waals surface area contributed by atoms with Crippen molar-refractivity contribution in [2.24, 2.45) is 34.5 Å². The summed E-state index contributed by atoms with van der Waals surface area (Å²) in [5, 5.41) is 9.35. The van der Waals surface area contributed by atoms with E-state index in [4.69, 9.17) is 0 Å². The van der Waals surface area contributed by atoms with E-state index in [0.717, 1.165) is 31.1 Å². The topological polar surface area (TPSA) is 70.2 Å². The second kappa shape index (κ2) is 7.25. The molecule has 3 amide bonds. The zero-order valence-electron chi connectivity index (χ0n) is 19.1. The Kier molecular flexibility index (Phi) is 5.28. The summed E-state index contributed by atoms with van der Waals surface area (Å²) in [5.41, 5.74) is 0.126. The SMILES string of the molecule is CC(C)(C)NC(=O)NC(=O)[C@H]1CC[C@H]2[C@@H]3CC[C@H]4NCCC[C@]4(C)[C@H]3CC[C@]12C. The van der Waals surface area contributed by atoms with Gasteiger partial charge in [0.1, 0.15) is 0 Å². The Morgan fingerprint density at radius 1 is 0.931 bits per heavy atom. The maximum Gasteiger partial charge on any atom is 0.321 e. The molecule has 29 heavy (non-hydrogen) atoms. The molecular weight excluding hydrogens is 362 g/mol. The van der Waals surface area contributed by atoms with Crippen molar-refractivity contribution in [3.05, 3.63) is 0 Å². The van der Waals surface area contributed by atoms with Gasteiger partial charge in [0, 0.05) is 17.5 Å². The molecule has 0 bridgehead atoms. The molecule has 7 atom stereocenters. The molecule has 164 valence electrons. The van der Waals surface area contributed by atoms with Gasteiger partial charge in [-0.2, -0.15) is 0 Å². The first-order chi connectivity index (χ1) is 13.5. The lowest BCUT2D eigenvalue weighted by atomic mass is 9.47. The third kappa shape index (κ3) is 3.62. The number of amides is 3. The van der Waals surface area contributed by atoms with Crippen LogP contribution in [0.3, 0.4) is 0 Å². The molecule has 5 heteroatoms. The van der Waals surface area contributed by atoms with Crippen LogP contribution in [0.4, 0.5) is 4.79 Å². The summed E-state index contributed by atoms with van der Waals surface area (Å²) < 4.78 is 0. The van der Waals surface area contributed by atoms with Gasteiger partial charge >= 0.3 is 6.03 Å². The third-order valence-electron chi connectivity index (χ3n) is 9.19. The van der Waals surface area contributed by atoms with Gasteiger partial charge in [0.15, 0.2) is 0 Å². The van der Waals surface area contributed by atoms with E-state index in [1.807, 2.05) is 20.8 Å². The summed E-state index contributed by atoms with van der Waals surface area (Å²) in [6, 6.07) is 0.327. The van der Waals surface area contributed by atoms with Gasteiger partial charge in [0.25, 0.3) is 0 Å². The molecule has 4 fully saturated rings. The molecule has 3 aliphatic carbocycles. The molecule has 0 aromatic heterocycles. The molecule has 4 aliphatic rings. The smallest absolute Gasteiger partial charge is 0.321 e. The van der Waals surface area contributed by atoms with Gasteiger partial charge in [-0.25, -0.2) is 4.79 Å². The lowest BCUT2D eigenvalue weighted by Crippen LogP contribution is -2.60. The normalized spacial score (nSPS) is 44.2. The molecule has 0 unspecified atom stereocenters. The summed E-state index contributed by atoms with van der Waals surface area (Å²) in [4.78, 5) is 25.3.